The van der Waals surface area contributed by atoms with E-state index in [1.165, 1.54) is 16.7 Å². The van der Waals surface area contributed by atoms with E-state index in [2.05, 4.69) is 4.98 Å². The minimum atomic E-state index is -3.06. The molecule has 1 atom stereocenters. The number of amides is 1. The van der Waals surface area contributed by atoms with Crippen molar-refractivity contribution in [3.05, 3.63) is 33.6 Å². The zero-order chi connectivity index (χ0) is 20.6. The molecule has 1 fully saturated rings. The number of hydrogen-bond donors (Lipinski definition) is 0. The molecule has 1 aromatic carbocycles. The maximum Gasteiger partial charge on any atom is 0.262 e. The Morgan fingerprint density at radius 1 is 1.43 bits per heavy atom. The van der Waals surface area contributed by atoms with Crippen LogP contribution in [0.1, 0.15) is 26.3 Å². The molecule has 0 saturated carbocycles. The number of nitrogens with zero attached hydrogens (tertiary/aromatic N) is 3. The molecule has 28 heavy (non-hydrogen) atoms. The van der Waals surface area contributed by atoms with E-state index in [1.807, 2.05) is 13.8 Å². The third kappa shape index (κ3) is 4.36. The smallest absolute Gasteiger partial charge is 0.262 e. The molecule has 1 unspecified atom stereocenters. The Balaban J connectivity index is 1.84. The van der Waals surface area contributed by atoms with Gasteiger partial charge in [0.15, 0.2) is 15.0 Å². The van der Waals surface area contributed by atoms with Gasteiger partial charge in [0.25, 0.3) is 5.56 Å². The first-order valence-electron chi connectivity index (χ1n) is 8.90. The van der Waals surface area contributed by atoms with Crippen molar-refractivity contribution in [2.45, 2.75) is 37.5 Å². The number of fused-ring (bicyclic) bond motifs is 1. The Kier molecular flexibility index (Phi) is 6.07. The van der Waals surface area contributed by atoms with Crippen molar-refractivity contribution < 1.29 is 13.2 Å². The van der Waals surface area contributed by atoms with Gasteiger partial charge in [0, 0.05) is 24.2 Å². The summed E-state index contributed by atoms with van der Waals surface area (Å²) in [6.45, 7) is 3.76. The van der Waals surface area contributed by atoms with Crippen molar-refractivity contribution in [1.29, 1.82) is 0 Å². The Morgan fingerprint density at radius 2 is 2.14 bits per heavy atom. The van der Waals surface area contributed by atoms with E-state index in [-0.39, 0.29) is 40.8 Å². The standard InChI is InChI=1S/C18H22ClN3O4S2/c1-11(2)22-17(24)14-5-4-12(19)8-15(14)20-18(22)27-9-16(23)21(3)13-6-7-28(25,26)10-13/h4-5,8,11,13H,6-7,9-10H2,1-3H3. The molecule has 7 nitrogen and oxygen atoms in total. The largest absolute Gasteiger partial charge is 0.341 e. The van der Waals surface area contributed by atoms with Crippen molar-refractivity contribution in [2.24, 2.45) is 0 Å². The van der Waals surface area contributed by atoms with Gasteiger partial charge in [-0.1, -0.05) is 23.4 Å². The van der Waals surface area contributed by atoms with Gasteiger partial charge < -0.3 is 4.90 Å². The molecule has 0 N–H and O–H groups in total. The lowest BCUT2D eigenvalue weighted by atomic mass is 10.2. The maximum absolute atomic E-state index is 12.9. The summed E-state index contributed by atoms with van der Waals surface area (Å²) < 4.78 is 24.9. The fraction of sp³-hybridized carbons (Fsp3) is 0.500. The summed E-state index contributed by atoms with van der Waals surface area (Å²) in [7, 11) is -1.44. The van der Waals surface area contributed by atoms with Gasteiger partial charge in [-0.05, 0) is 38.5 Å². The first kappa shape index (κ1) is 21.1. The first-order chi connectivity index (χ1) is 13.1. The van der Waals surface area contributed by atoms with Gasteiger partial charge in [-0.25, -0.2) is 13.4 Å². The number of rotatable bonds is 5. The lowest BCUT2D eigenvalue weighted by Gasteiger charge is -2.23. The van der Waals surface area contributed by atoms with Gasteiger partial charge >= 0.3 is 0 Å². The highest BCUT2D eigenvalue weighted by Crippen LogP contribution is 2.24. The van der Waals surface area contributed by atoms with E-state index in [4.69, 9.17) is 11.6 Å². The van der Waals surface area contributed by atoms with Crippen LogP contribution in [-0.2, 0) is 14.6 Å². The molecule has 1 aromatic heterocycles. The highest BCUT2D eigenvalue weighted by molar-refractivity contribution is 7.99. The topological polar surface area (TPSA) is 89.3 Å². The van der Waals surface area contributed by atoms with Crippen LogP contribution in [-0.4, -0.2) is 59.1 Å². The molecule has 1 aliphatic heterocycles. The summed E-state index contributed by atoms with van der Waals surface area (Å²) in [4.78, 5) is 31.5. The molecule has 1 saturated heterocycles. The minimum absolute atomic E-state index is 0.00331. The van der Waals surface area contributed by atoms with E-state index in [1.54, 1.807) is 29.8 Å². The molecule has 0 radical (unpaired) electrons. The second-order valence-corrected chi connectivity index (χ2v) is 10.8. The second-order valence-electron chi connectivity index (χ2n) is 7.17. The molecule has 0 aliphatic carbocycles. The second kappa shape index (κ2) is 8.04. The number of benzene rings is 1. The van der Waals surface area contributed by atoms with Crippen LogP contribution in [0.5, 0.6) is 0 Å². The first-order valence-corrected chi connectivity index (χ1v) is 12.1. The zero-order valence-corrected chi connectivity index (χ0v) is 18.3. The minimum Gasteiger partial charge on any atom is -0.341 e. The number of carbonyl (C=O) groups is 1. The number of hydrogen-bond acceptors (Lipinski definition) is 6. The van der Waals surface area contributed by atoms with Crippen molar-refractivity contribution >= 4 is 50.0 Å². The van der Waals surface area contributed by atoms with E-state index >= 15 is 0 Å². The number of carbonyl (C=O) groups excluding carboxylic acids is 1. The molecule has 2 heterocycles. The Bertz CT molecular complexity index is 1080. The lowest BCUT2D eigenvalue weighted by molar-refractivity contribution is -0.128. The molecule has 1 amide bonds. The SMILES string of the molecule is CC(C)n1c(SCC(=O)N(C)C2CCS(=O)(=O)C2)nc2cc(Cl)ccc2c1=O. The van der Waals surface area contributed by atoms with E-state index in [0.717, 1.165) is 0 Å². The molecule has 3 rings (SSSR count). The number of aromatic nitrogens is 2. The summed E-state index contributed by atoms with van der Waals surface area (Å²) in [6.07, 6.45) is 0.457. The molecule has 2 aromatic rings. The molecule has 10 heteroatoms. The molecule has 152 valence electrons. The van der Waals surface area contributed by atoms with E-state index < -0.39 is 9.84 Å². The van der Waals surface area contributed by atoms with Crippen molar-refractivity contribution in [1.82, 2.24) is 14.5 Å². The summed E-state index contributed by atoms with van der Waals surface area (Å²) in [5.74, 6) is -0.00736. The van der Waals surface area contributed by atoms with Crippen molar-refractivity contribution in [3.63, 3.8) is 0 Å². The highest BCUT2D eigenvalue weighted by Gasteiger charge is 2.32. The van der Waals surface area contributed by atoms with Gasteiger partial charge in [0.2, 0.25) is 5.91 Å². The predicted molar refractivity (Wildman–Crippen MR) is 112 cm³/mol. The molecule has 0 spiro atoms. The summed E-state index contributed by atoms with van der Waals surface area (Å²) >= 11 is 7.20. The lowest BCUT2D eigenvalue weighted by Crippen LogP contribution is -2.39. The summed E-state index contributed by atoms with van der Waals surface area (Å²) in [6, 6.07) is 4.51. The van der Waals surface area contributed by atoms with Crippen LogP contribution >= 0.6 is 23.4 Å². The molecular weight excluding hydrogens is 422 g/mol. The van der Waals surface area contributed by atoms with Gasteiger partial charge in [-0.15, -0.1) is 0 Å². The Labute approximate surface area is 173 Å². The average molecular weight is 444 g/mol. The van der Waals surface area contributed by atoms with Crippen LogP contribution in [0.3, 0.4) is 0 Å². The van der Waals surface area contributed by atoms with Crippen LogP contribution in [0, 0.1) is 0 Å². The summed E-state index contributed by atoms with van der Waals surface area (Å²) in [5.41, 5.74) is 0.307. The Morgan fingerprint density at radius 3 is 2.75 bits per heavy atom. The third-order valence-corrected chi connectivity index (χ3v) is 7.74. The van der Waals surface area contributed by atoms with Crippen molar-refractivity contribution in [2.75, 3.05) is 24.3 Å². The Hall–Kier alpha value is -1.58. The number of thioether (sulfide) groups is 1. The quantitative estimate of drug-likeness (QED) is 0.520. The van der Waals surface area contributed by atoms with Gasteiger partial charge in [-0.2, -0.15) is 0 Å². The fourth-order valence-electron chi connectivity index (χ4n) is 3.22. The maximum atomic E-state index is 12.9. The van der Waals surface area contributed by atoms with Crippen molar-refractivity contribution in [3.8, 4) is 0 Å². The number of sulfone groups is 1. The fourth-order valence-corrected chi connectivity index (χ4v) is 6.21. The zero-order valence-electron chi connectivity index (χ0n) is 15.9. The molecular formula is C18H22ClN3O4S2. The highest BCUT2D eigenvalue weighted by atomic mass is 35.5. The van der Waals surface area contributed by atoms with Crippen LogP contribution in [0.15, 0.2) is 28.2 Å². The van der Waals surface area contributed by atoms with E-state index in [0.29, 0.717) is 27.5 Å². The van der Waals surface area contributed by atoms with Gasteiger partial charge in [-0.3, -0.25) is 14.2 Å². The van der Waals surface area contributed by atoms with Gasteiger partial charge in [0.05, 0.1) is 28.2 Å². The third-order valence-electron chi connectivity index (χ3n) is 4.82. The molecule has 0 bridgehead atoms. The normalized spacial score (nSPS) is 18.7. The summed E-state index contributed by atoms with van der Waals surface area (Å²) in [5, 5.41) is 1.40. The predicted octanol–water partition coefficient (Wildman–Crippen LogP) is 2.37. The van der Waals surface area contributed by atoms with Crippen LogP contribution in [0.2, 0.25) is 5.02 Å². The average Bonchev–Trinajstić information content (AvgIpc) is 2.98. The number of halogens is 1. The van der Waals surface area contributed by atoms with Crippen LogP contribution in [0.25, 0.3) is 10.9 Å². The van der Waals surface area contributed by atoms with Crippen LogP contribution < -0.4 is 5.56 Å². The van der Waals surface area contributed by atoms with Gasteiger partial charge in [0.1, 0.15) is 0 Å². The molecule has 1 aliphatic rings. The monoisotopic (exact) mass is 443 g/mol. The van der Waals surface area contributed by atoms with E-state index in [9.17, 15) is 18.0 Å². The van der Waals surface area contributed by atoms with Crippen LogP contribution in [0.4, 0.5) is 0 Å².